The van der Waals surface area contributed by atoms with E-state index in [4.69, 9.17) is 17.0 Å². The van der Waals surface area contributed by atoms with Crippen LogP contribution in [0.25, 0.3) is 0 Å². The number of phenolic OH excluding ortho intramolecular Hbond substituents is 1. The molecule has 1 fully saturated rings. The van der Waals surface area contributed by atoms with Crippen LogP contribution in [0.3, 0.4) is 0 Å². The summed E-state index contributed by atoms with van der Waals surface area (Å²) < 4.78 is 5.90. The number of thioether (sulfide) groups is 1. The molecule has 0 spiro atoms. The number of aromatic nitrogens is 1. The Balaban J connectivity index is 1.63. The summed E-state index contributed by atoms with van der Waals surface area (Å²) in [5.74, 6) is -2.05. The van der Waals surface area contributed by atoms with Crippen molar-refractivity contribution in [2.45, 2.75) is 23.1 Å². The van der Waals surface area contributed by atoms with E-state index in [1.165, 1.54) is 41.3 Å². The number of nitrogens with zero attached hydrogens (tertiary/aromatic N) is 2. The van der Waals surface area contributed by atoms with Gasteiger partial charge in [0.25, 0.3) is 5.69 Å². The number of hydrogen-bond donors (Lipinski definition) is 2. The number of aromatic amines is 1. The van der Waals surface area contributed by atoms with Crippen LogP contribution < -0.4 is 9.64 Å². The topological polar surface area (TPSA) is 126 Å². The maximum Gasteiger partial charge on any atom is 0.269 e. The number of carbonyl (C=O) groups excluding carboxylic acids is 2. The van der Waals surface area contributed by atoms with E-state index >= 15 is 0 Å². The van der Waals surface area contributed by atoms with Gasteiger partial charge in [0.15, 0.2) is 3.95 Å². The summed E-state index contributed by atoms with van der Waals surface area (Å²) >= 11 is 7.75. The Labute approximate surface area is 206 Å². The van der Waals surface area contributed by atoms with Crippen molar-refractivity contribution in [2.24, 2.45) is 5.92 Å². The number of anilines is 1. The van der Waals surface area contributed by atoms with Gasteiger partial charge in [-0.2, -0.15) is 0 Å². The van der Waals surface area contributed by atoms with Gasteiger partial charge in [0.05, 0.1) is 28.2 Å². The van der Waals surface area contributed by atoms with Gasteiger partial charge >= 0.3 is 0 Å². The predicted molar refractivity (Wildman–Crippen MR) is 129 cm³/mol. The molecule has 5 rings (SSSR count). The fourth-order valence-corrected chi connectivity index (χ4v) is 7.32. The van der Waals surface area contributed by atoms with Gasteiger partial charge < -0.3 is 14.8 Å². The molecule has 12 heteroatoms. The van der Waals surface area contributed by atoms with Crippen molar-refractivity contribution >= 4 is 58.5 Å². The molecule has 3 heterocycles. The number of non-ortho nitro benzene ring substituents is 1. The molecule has 0 saturated carbocycles. The normalized spacial score (nSPS) is 21.3. The molecule has 2 amide bonds. The molecule has 0 radical (unpaired) electrons. The molecule has 2 aliphatic heterocycles. The third kappa shape index (κ3) is 3.58. The van der Waals surface area contributed by atoms with Crippen LogP contribution in [0.2, 0.25) is 0 Å². The first kappa shape index (κ1) is 22.6. The highest BCUT2D eigenvalue weighted by Crippen LogP contribution is 2.55. The molecule has 2 aliphatic rings. The number of carbonyl (C=O) groups is 2. The number of aromatic hydroxyl groups is 1. The van der Waals surface area contributed by atoms with E-state index in [1.807, 2.05) is 6.92 Å². The van der Waals surface area contributed by atoms with Crippen LogP contribution in [0.4, 0.5) is 11.4 Å². The molecule has 1 saturated heterocycles. The second-order valence-corrected chi connectivity index (χ2v) is 10.6. The second kappa shape index (κ2) is 8.53. The molecule has 0 aliphatic carbocycles. The molecule has 2 N–H and O–H groups in total. The van der Waals surface area contributed by atoms with Gasteiger partial charge in [0.2, 0.25) is 11.8 Å². The molecule has 9 nitrogen and oxygen atoms in total. The zero-order chi connectivity index (χ0) is 24.1. The lowest BCUT2D eigenvalue weighted by atomic mass is 9.82. The Hall–Kier alpha value is -3.22. The third-order valence-corrected chi connectivity index (χ3v) is 8.54. The number of ether oxygens (including phenoxy) is 1. The summed E-state index contributed by atoms with van der Waals surface area (Å²) in [5.41, 5.74) is 0.404. The first-order valence-corrected chi connectivity index (χ1v) is 12.4. The largest absolute Gasteiger partial charge is 0.508 e. The third-order valence-electron chi connectivity index (χ3n) is 5.79. The van der Waals surface area contributed by atoms with Crippen LogP contribution in [-0.2, 0) is 9.59 Å². The minimum absolute atomic E-state index is 0.189. The summed E-state index contributed by atoms with van der Waals surface area (Å²) in [6, 6.07) is 10.4. The quantitative estimate of drug-likeness (QED) is 0.218. The minimum atomic E-state index is -0.870. The fraction of sp³-hybridized carbons (Fsp3) is 0.227. The molecule has 3 aromatic rings. The van der Waals surface area contributed by atoms with Crippen molar-refractivity contribution in [3.8, 4) is 11.5 Å². The number of benzene rings is 2. The van der Waals surface area contributed by atoms with Gasteiger partial charge in [-0.05, 0) is 49.5 Å². The molecule has 34 heavy (non-hydrogen) atoms. The minimum Gasteiger partial charge on any atom is -0.508 e. The van der Waals surface area contributed by atoms with Crippen molar-refractivity contribution < 1.29 is 24.4 Å². The lowest BCUT2D eigenvalue weighted by Crippen LogP contribution is -2.32. The summed E-state index contributed by atoms with van der Waals surface area (Å²) in [4.78, 5) is 42.9. The Morgan fingerprint density at radius 2 is 1.94 bits per heavy atom. The molecule has 174 valence electrons. The number of nitro benzene ring substituents is 1. The fourth-order valence-electron chi connectivity index (χ4n) is 4.37. The highest BCUT2D eigenvalue weighted by Gasteiger charge is 2.56. The van der Waals surface area contributed by atoms with E-state index in [2.05, 4.69) is 4.98 Å². The van der Waals surface area contributed by atoms with Crippen LogP contribution in [0.1, 0.15) is 23.3 Å². The standard InChI is InChI=1S/C22H17N3O6S3/c1-2-31-12-6-3-10(4-7-12)24-20(27)16-15(13-9-11(25(29)30)5-8-14(13)26)17-19(23-22(32)34-17)33-18(16)21(24)28/h3-9,15-16,18,26H,2H2,1H3,(H,23,32)/t15-,16+,18+/m1/s1. The number of amides is 2. The van der Waals surface area contributed by atoms with Crippen LogP contribution in [0, 0.1) is 20.0 Å². The second-order valence-electron chi connectivity index (χ2n) is 7.69. The number of phenols is 1. The Morgan fingerprint density at radius 1 is 1.21 bits per heavy atom. The Morgan fingerprint density at radius 3 is 2.62 bits per heavy atom. The van der Waals surface area contributed by atoms with Crippen LogP contribution in [-0.4, -0.2) is 38.7 Å². The molecule has 2 aromatic carbocycles. The van der Waals surface area contributed by atoms with Crippen molar-refractivity contribution in [1.82, 2.24) is 4.98 Å². The van der Waals surface area contributed by atoms with Gasteiger partial charge in [-0.1, -0.05) is 11.8 Å². The molecular formula is C22H17N3O6S3. The average Bonchev–Trinajstić information content (AvgIpc) is 3.30. The lowest BCUT2D eigenvalue weighted by molar-refractivity contribution is -0.385. The zero-order valence-corrected chi connectivity index (χ0v) is 20.0. The highest BCUT2D eigenvalue weighted by molar-refractivity contribution is 8.01. The number of nitrogens with one attached hydrogen (secondary N) is 1. The van der Waals surface area contributed by atoms with Crippen molar-refractivity contribution in [3.05, 3.63) is 67.0 Å². The van der Waals surface area contributed by atoms with Gasteiger partial charge in [0.1, 0.15) is 16.7 Å². The lowest BCUT2D eigenvalue weighted by Gasteiger charge is -2.30. The monoisotopic (exact) mass is 515 g/mol. The summed E-state index contributed by atoms with van der Waals surface area (Å²) in [7, 11) is 0. The van der Waals surface area contributed by atoms with Crippen molar-refractivity contribution in [2.75, 3.05) is 11.5 Å². The molecule has 1 aromatic heterocycles. The molecule has 3 atom stereocenters. The van der Waals surface area contributed by atoms with E-state index < -0.39 is 33.8 Å². The van der Waals surface area contributed by atoms with E-state index in [-0.39, 0.29) is 17.0 Å². The Bertz CT molecular complexity index is 1380. The van der Waals surface area contributed by atoms with Crippen LogP contribution in [0.5, 0.6) is 11.5 Å². The van der Waals surface area contributed by atoms with Crippen molar-refractivity contribution in [3.63, 3.8) is 0 Å². The number of hydrogen-bond acceptors (Lipinski definition) is 9. The van der Waals surface area contributed by atoms with E-state index in [0.717, 1.165) is 4.90 Å². The smallest absolute Gasteiger partial charge is 0.269 e. The number of H-pyrrole nitrogens is 1. The van der Waals surface area contributed by atoms with Gasteiger partial charge in [-0.25, -0.2) is 4.90 Å². The Kier molecular flexibility index (Phi) is 5.66. The zero-order valence-electron chi connectivity index (χ0n) is 17.6. The van der Waals surface area contributed by atoms with Crippen LogP contribution >= 0.6 is 35.3 Å². The van der Waals surface area contributed by atoms with E-state index in [1.54, 1.807) is 24.3 Å². The summed E-state index contributed by atoms with van der Waals surface area (Å²) in [6.07, 6.45) is 0. The van der Waals surface area contributed by atoms with Gasteiger partial charge in [-0.15, -0.1) is 11.3 Å². The van der Waals surface area contributed by atoms with E-state index in [0.29, 0.717) is 31.9 Å². The van der Waals surface area contributed by atoms with Gasteiger partial charge in [0, 0.05) is 28.5 Å². The first-order valence-electron chi connectivity index (χ1n) is 10.3. The number of fused-ring (bicyclic) bond motifs is 2. The number of thiazole rings is 1. The number of nitro groups is 1. The summed E-state index contributed by atoms with van der Waals surface area (Å²) in [5, 5.41) is 21.9. The summed E-state index contributed by atoms with van der Waals surface area (Å²) in [6.45, 7) is 2.34. The van der Waals surface area contributed by atoms with Crippen LogP contribution in [0.15, 0.2) is 47.5 Å². The average molecular weight is 516 g/mol. The predicted octanol–water partition coefficient (Wildman–Crippen LogP) is 4.61. The maximum absolute atomic E-state index is 13.7. The highest BCUT2D eigenvalue weighted by atomic mass is 32.2. The maximum atomic E-state index is 13.7. The molecule has 0 bridgehead atoms. The number of rotatable bonds is 5. The van der Waals surface area contributed by atoms with Gasteiger partial charge in [-0.3, -0.25) is 19.7 Å². The number of imide groups is 1. The molecule has 0 unspecified atom stereocenters. The first-order chi connectivity index (χ1) is 16.3. The SMILES string of the molecule is CCOc1ccc(N2C(=O)[C@H]3[C@@H](c4cc([N+](=O)[O-])ccc4O)c4sc(=S)[nH]c4S[C@@H]3C2=O)cc1. The van der Waals surface area contributed by atoms with Crippen molar-refractivity contribution in [1.29, 1.82) is 0 Å². The van der Waals surface area contributed by atoms with E-state index in [9.17, 15) is 24.8 Å². The molecular weight excluding hydrogens is 498 g/mol.